The van der Waals surface area contributed by atoms with E-state index in [1.54, 1.807) is 11.7 Å². The first-order chi connectivity index (χ1) is 12.2. The molecule has 1 aliphatic rings. The number of hydrogen-bond donors (Lipinski definition) is 1. The number of para-hydroxylation sites is 2. The fourth-order valence-corrected chi connectivity index (χ4v) is 3.53. The Morgan fingerprint density at radius 1 is 1.40 bits per heavy atom. The summed E-state index contributed by atoms with van der Waals surface area (Å²) < 4.78 is 13.1. The second-order valence-corrected chi connectivity index (χ2v) is 6.25. The van der Waals surface area contributed by atoms with Crippen molar-refractivity contribution < 1.29 is 9.15 Å². The highest BCUT2D eigenvalue weighted by molar-refractivity contribution is 5.72. The van der Waals surface area contributed by atoms with Crippen molar-refractivity contribution in [1.29, 1.82) is 0 Å². The fraction of sp³-hybridized carbons (Fsp3) is 0.471. The largest absolute Gasteiger partial charge is 0.439 e. The molecule has 132 valence electrons. The van der Waals surface area contributed by atoms with E-state index in [-0.39, 0.29) is 17.8 Å². The number of oxazole rings is 1. The molecule has 0 unspecified atom stereocenters. The van der Waals surface area contributed by atoms with Crippen LogP contribution in [0, 0.1) is 0 Å². The highest BCUT2D eigenvalue weighted by atomic mass is 16.5. The predicted octanol–water partition coefficient (Wildman–Crippen LogP) is 1.69. The lowest BCUT2D eigenvalue weighted by molar-refractivity contribution is 0.106. The normalized spacial score (nSPS) is 21.4. The van der Waals surface area contributed by atoms with Gasteiger partial charge < -0.3 is 9.15 Å². The van der Waals surface area contributed by atoms with Crippen molar-refractivity contribution in [1.82, 2.24) is 24.6 Å². The summed E-state index contributed by atoms with van der Waals surface area (Å²) in [6, 6.07) is 7.70. The summed E-state index contributed by atoms with van der Waals surface area (Å²) in [6.07, 6.45) is 0.868. The van der Waals surface area contributed by atoms with Crippen LogP contribution in [0.4, 0.5) is 0 Å². The number of likely N-dealkylation sites (tertiary alicyclic amines) is 1. The standard InChI is InChI=1S/C17H21N5O3/c1-3-22-16(19-20-17(22)23)13-8-11(24-2)9-21(13)10-15-18-12-6-4-5-7-14(12)25-15/h4-7,11,13H,3,8-10H2,1-2H3,(H,20,23)/t11-,13-/m0/s1. The van der Waals surface area contributed by atoms with Crippen molar-refractivity contribution in [2.45, 2.75) is 38.6 Å². The summed E-state index contributed by atoms with van der Waals surface area (Å²) in [6.45, 7) is 3.80. The van der Waals surface area contributed by atoms with E-state index in [1.165, 1.54) is 0 Å². The van der Waals surface area contributed by atoms with E-state index < -0.39 is 0 Å². The number of H-pyrrole nitrogens is 1. The number of aromatic amines is 1. The highest BCUT2D eigenvalue weighted by Gasteiger charge is 2.37. The van der Waals surface area contributed by atoms with Gasteiger partial charge in [-0.2, -0.15) is 5.10 Å². The summed E-state index contributed by atoms with van der Waals surface area (Å²) in [5, 5.41) is 6.80. The number of nitrogens with one attached hydrogen (secondary N) is 1. The van der Waals surface area contributed by atoms with Gasteiger partial charge in [0.1, 0.15) is 5.52 Å². The number of fused-ring (bicyclic) bond motifs is 1. The monoisotopic (exact) mass is 343 g/mol. The average molecular weight is 343 g/mol. The smallest absolute Gasteiger partial charge is 0.343 e. The topological polar surface area (TPSA) is 89.2 Å². The van der Waals surface area contributed by atoms with Crippen LogP contribution in [0.15, 0.2) is 33.5 Å². The molecule has 8 nitrogen and oxygen atoms in total. The molecule has 0 bridgehead atoms. The van der Waals surface area contributed by atoms with Gasteiger partial charge in [-0.05, 0) is 25.5 Å². The molecule has 1 aliphatic heterocycles. The van der Waals surface area contributed by atoms with Gasteiger partial charge in [-0.15, -0.1) is 0 Å². The Balaban J connectivity index is 1.64. The molecule has 0 spiro atoms. The van der Waals surface area contributed by atoms with E-state index in [1.807, 2.05) is 31.2 Å². The number of aromatic nitrogens is 4. The lowest BCUT2D eigenvalue weighted by Gasteiger charge is -2.21. The summed E-state index contributed by atoms with van der Waals surface area (Å²) in [5.74, 6) is 1.40. The Bertz CT molecular complexity index is 895. The summed E-state index contributed by atoms with van der Waals surface area (Å²) in [7, 11) is 1.71. The summed E-state index contributed by atoms with van der Waals surface area (Å²) in [4.78, 5) is 18.7. The molecule has 0 aliphatic carbocycles. The first-order valence-electron chi connectivity index (χ1n) is 8.46. The molecular formula is C17H21N5O3. The Morgan fingerprint density at radius 3 is 3.00 bits per heavy atom. The minimum atomic E-state index is -0.180. The SMILES string of the molecule is CCn1c([C@@H]2C[C@H](OC)CN2Cc2nc3ccccc3o2)n[nH]c1=O. The Kier molecular flexibility index (Phi) is 4.14. The molecule has 8 heteroatoms. The van der Waals surface area contributed by atoms with E-state index >= 15 is 0 Å². The molecule has 1 N–H and O–H groups in total. The highest BCUT2D eigenvalue weighted by Crippen LogP contribution is 2.33. The number of hydrogen-bond acceptors (Lipinski definition) is 6. The summed E-state index contributed by atoms with van der Waals surface area (Å²) in [5.41, 5.74) is 1.45. The maximum atomic E-state index is 11.9. The van der Waals surface area contributed by atoms with E-state index in [9.17, 15) is 4.79 Å². The van der Waals surface area contributed by atoms with Gasteiger partial charge in [0.15, 0.2) is 11.4 Å². The van der Waals surface area contributed by atoms with E-state index in [2.05, 4.69) is 20.1 Å². The van der Waals surface area contributed by atoms with E-state index in [0.717, 1.165) is 29.9 Å². The average Bonchev–Trinajstić information content (AvgIpc) is 3.30. The quantitative estimate of drug-likeness (QED) is 0.758. The molecule has 2 atom stereocenters. The van der Waals surface area contributed by atoms with Crippen LogP contribution in [0.3, 0.4) is 0 Å². The molecule has 3 heterocycles. The van der Waals surface area contributed by atoms with Gasteiger partial charge in [-0.1, -0.05) is 12.1 Å². The van der Waals surface area contributed by atoms with Gasteiger partial charge in [-0.25, -0.2) is 14.9 Å². The Hall–Kier alpha value is -2.45. The lowest BCUT2D eigenvalue weighted by Crippen LogP contribution is -2.28. The molecule has 0 radical (unpaired) electrons. The van der Waals surface area contributed by atoms with Gasteiger partial charge >= 0.3 is 5.69 Å². The summed E-state index contributed by atoms with van der Waals surface area (Å²) >= 11 is 0. The van der Waals surface area contributed by atoms with Gasteiger partial charge in [0, 0.05) is 20.2 Å². The van der Waals surface area contributed by atoms with Crippen LogP contribution >= 0.6 is 0 Å². The second-order valence-electron chi connectivity index (χ2n) is 6.25. The van der Waals surface area contributed by atoms with Gasteiger partial charge in [0.2, 0.25) is 5.89 Å². The Labute approximate surface area is 144 Å². The third kappa shape index (κ3) is 2.87. The molecule has 1 fully saturated rings. The van der Waals surface area contributed by atoms with Gasteiger partial charge in [0.25, 0.3) is 0 Å². The molecule has 2 aromatic heterocycles. The lowest BCUT2D eigenvalue weighted by atomic mass is 10.2. The zero-order valence-corrected chi connectivity index (χ0v) is 14.3. The van der Waals surface area contributed by atoms with Crippen molar-refractivity contribution in [2.24, 2.45) is 0 Å². The van der Waals surface area contributed by atoms with E-state index in [4.69, 9.17) is 9.15 Å². The molecular weight excluding hydrogens is 322 g/mol. The van der Waals surface area contributed by atoms with Crippen LogP contribution in [0.2, 0.25) is 0 Å². The van der Waals surface area contributed by atoms with Gasteiger partial charge in [-0.3, -0.25) is 9.47 Å². The Morgan fingerprint density at radius 2 is 2.24 bits per heavy atom. The van der Waals surface area contributed by atoms with Crippen LogP contribution in [-0.2, 0) is 17.8 Å². The van der Waals surface area contributed by atoms with Crippen molar-refractivity contribution in [3.05, 3.63) is 46.5 Å². The zero-order chi connectivity index (χ0) is 17.4. The molecule has 0 saturated carbocycles. The number of nitrogens with zero attached hydrogens (tertiary/aromatic N) is 4. The molecule has 4 rings (SSSR count). The van der Waals surface area contributed by atoms with Crippen LogP contribution in [0.1, 0.15) is 31.1 Å². The van der Waals surface area contributed by atoms with Crippen LogP contribution in [0.25, 0.3) is 11.1 Å². The maximum Gasteiger partial charge on any atom is 0.343 e. The number of benzene rings is 1. The van der Waals surface area contributed by atoms with Gasteiger partial charge in [0.05, 0.1) is 18.7 Å². The first-order valence-corrected chi connectivity index (χ1v) is 8.46. The van der Waals surface area contributed by atoms with Crippen LogP contribution < -0.4 is 5.69 Å². The number of methoxy groups -OCH3 is 1. The zero-order valence-electron chi connectivity index (χ0n) is 14.3. The molecule has 1 aromatic carbocycles. The third-order valence-corrected chi connectivity index (χ3v) is 4.78. The molecule has 1 saturated heterocycles. The maximum absolute atomic E-state index is 11.9. The van der Waals surface area contributed by atoms with Crippen molar-refractivity contribution in [3.8, 4) is 0 Å². The van der Waals surface area contributed by atoms with Crippen molar-refractivity contribution in [2.75, 3.05) is 13.7 Å². The van der Waals surface area contributed by atoms with Crippen molar-refractivity contribution in [3.63, 3.8) is 0 Å². The number of rotatable bonds is 5. The van der Waals surface area contributed by atoms with Crippen molar-refractivity contribution >= 4 is 11.1 Å². The predicted molar refractivity (Wildman–Crippen MR) is 91.1 cm³/mol. The van der Waals surface area contributed by atoms with E-state index in [0.29, 0.717) is 19.0 Å². The fourth-order valence-electron chi connectivity index (χ4n) is 3.53. The minimum absolute atomic E-state index is 0.0149. The second kappa shape index (κ2) is 6.45. The van der Waals surface area contributed by atoms with Crippen LogP contribution in [0.5, 0.6) is 0 Å². The molecule has 25 heavy (non-hydrogen) atoms. The molecule has 3 aromatic rings. The third-order valence-electron chi connectivity index (χ3n) is 4.78. The molecule has 0 amide bonds. The van der Waals surface area contributed by atoms with Crippen LogP contribution in [-0.4, -0.2) is 44.4 Å². The number of ether oxygens (including phenoxy) is 1. The first kappa shape index (κ1) is 16.0. The minimum Gasteiger partial charge on any atom is -0.439 e.